The van der Waals surface area contributed by atoms with Crippen LogP contribution in [-0.4, -0.2) is 21.6 Å². The maximum absolute atomic E-state index is 10.8. The van der Waals surface area contributed by atoms with Crippen LogP contribution in [0.25, 0.3) is 0 Å². The Balaban J connectivity index is 3.64. The second-order valence-electron chi connectivity index (χ2n) is 4.69. The van der Waals surface area contributed by atoms with Crippen LogP contribution in [0.5, 0.6) is 0 Å². The highest BCUT2D eigenvalue weighted by atomic mass is 32.2. The Hall–Kier alpha value is -0.440. The van der Waals surface area contributed by atoms with E-state index in [0.717, 1.165) is 19.3 Å². The summed E-state index contributed by atoms with van der Waals surface area (Å²) in [5, 5.41) is 9.11. The predicted octanol–water partition coefficient (Wildman–Crippen LogP) is 4.89. The third-order valence-electron chi connectivity index (χ3n) is 2.97. The Bertz CT molecular complexity index is 239. The Morgan fingerprint density at radius 3 is 2.44 bits per heavy atom. The Kier molecular flexibility index (Phi) is 11.4. The van der Waals surface area contributed by atoms with Gasteiger partial charge in [0, 0.05) is 5.25 Å². The van der Waals surface area contributed by atoms with E-state index in [1.807, 2.05) is 0 Å². The quantitative estimate of drug-likeness (QED) is 0.430. The van der Waals surface area contributed by atoms with Gasteiger partial charge in [-0.3, -0.25) is 4.79 Å². The van der Waals surface area contributed by atoms with Gasteiger partial charge in [-0.1, -0.05) is 38.8 Å². The van der Waals surface area contributed by atoms with Gasteiger partial charge < -0.3 is 5.11 Å². The van der Waals surface area contributed by atoms with Crippen molar-refractivity contribution >= 4 is 17.7 Å². The first-order valence-electron chi connectivity index (χ1n) is 7.15. The van der Waals surface area contributed by atoms with Gasteiger partial charge in [-0.05, 0) is 39.0 Å². The van der Waals surface area contributed by atoms with Gasteiger partial charge in [-0.15, -0.1) is 11.8 Å². The maximum Gasteiger partial charge on any atom is 0.316 e. The number of rotatable bonds is 11. The number of carbonyl (C=O) groups is 1. The first kappa shape index (κ1) is 17.6. The summed E-state index contributed by atoms with van der Waals surface area (Å²) in [4.78, 5) is 10.8. The van der Waals surface area contributed by atoms with E-state index in [2.05, 4.69) is 26.0 Å². The SMILES string of the molecule is CCC/C=C/CCCCC(CC)SC(C)C(=O)O. The fraction of sp³-hybridized carbons (Fsp3) is 0.800. The van der Waals surface area contributed by atoms with Gasteiger partial charge in [-0.2, -0.15) is 0 Å². The molecule has 0 aliphatic heterocycles. The highest BCUT2D eigenvalue weighted by molar-refractivity contribution is 8.01. The molecule has 0 aromatic carbocycles. The first-order valence-corrected chi connectivity index (χ1v) is 8.09. The molecule has 0 saturated carbocycles. The van der Waals surface area contributed by atoms with E-state index in [1.165, 1.54) is 25.7 Å². The molecule has 0 aromatic rings. The van der Waals surface area contributed by atoms with Crippen LogP contribution in [0, 0.1) is 0 Å². The average molecular weight is 272 g/mol. The molecule has 3 heteroatoms. The van der Waals surface area contributed by atoms with Gasteiger partial charge in [0.1, 0.15) is 0 Å². The lowest BCUT2D eigenvalue weighted by atomic mass is 10.1. The van der Waals surface area contributed by atoms with Crippen LogP contribution >= 0.6 is 11.8 Å². The van der Waals surface area contributed by atoms with Crippen LogP contribution in [0.1, 0.15) is 65.7 Å². The topological polar surface area (TPSA) is 37.3 Å². The van der Waals surface area contributed by atoms with Crippen LogP contribution in [0.4, 0.5) is 0 Å². The van der Waals surface area contributed by atoms with Crippen molar-refractivity contribution < 1.29 is 9.90 Å². The summed E-state index contributed by atoms with van der Waals surface area (Å²) in [5.74, 6) is -0.694. The molecule has 2 unspecified atom stereocenters. The number of hydrogen-bond donors (Lipinski definition) is 1. The average Bonchev–Trinajstić information content (AvgIpc) is 2.35. The molecule has 0 saturated heterocycles. The molecule has 0 aliphatic rings. The first-order chi connectivity index (χ1) is 8.61. The van der Waals surface area contributed by atoms with E-state index in [1.54, 1.807) is 18.7 Å². The largest absolute Gasteiger partial charge is 0.480 e. The number of allylic oxidation sites excluding steroid dienone is 2. The lowest BCUT2D eigenvalue weighted by Gasteiger charge is -2.16. The molecule has 0 aliphatic carbocycles. The normalized spacial score (nSPS) is 14.8. The molecule has 0 bridgehead atoms. The lowest BCUT2D eigenvalue weighted by molar-refractivity contribution is -0.136. The molecule has 0 radical (unpaired) electrons. The van der Waals surface area contributed by atoms with Crippen molar-refractivity contribution in [3.05, 3.63) is 12.2 Å². The number of thioether (sulfide) groups is 1. The maximum atomic E-state index is 10.8. The zero-order valence-electron chi connectivity index (χ0n) is 12.0. The van der Waals surface area contributed by atoms with Gasteiger partial charge in [0.05, 0.1) is 5.25 Å². The third kappa shape index (κ3) is 9.58. The molecule has 0 heterocycles. The van der Waals surface area contributed by atoms with E-state index in [9.17, 15) is 4.79 Å². The Morgan fingerprint density at radius 2 is 1.89 bits per heavy atom. The zero-order valence-corrected chi connectivity index (χ0v) is 12.8. The van der Waals surface area contributed by atoms with Gasteiger partial charge in [0.25, 0.3) is 0 Å². The van der Waals surface area contributed by atoms with Crippen LogP contribution in [0.3, 0.4) is 0 Å². The van der Waals surface area contributed by atoms with Crippen molar-refractivity contribution in [1.82, 2.24) is 0 Å². The number of carboxylic acid groups (broad SMARTS) is 1. The molecule has 2 nitrogen and oxygen atoms in total. The van der Waals surface area contributed by atoms with Gasteiger partial charge in [0.2, 0.25) is 0 Å². The van der Waals surface area contributed by atoms with Crippen molar-refractivity contribution in [2.45, 2.75) is 76.2 Å². The van der Waals surface area contributed by atoms with E-state index >= 15 is 0 Å². The molecule has 2 atom stereocenters. The van der Waals surface area contributed by atoms with Gasteiger partial charge in [-0.25, -0.2) is 0 Å². The fourth-order valence-corrected chi connectivity index (χ4v) is 2.94. The molecule has 0 aromatic heterocycles. The molecule has 0 fully saturated rings. The van der Waals surface area contributed by atoms with Crippen LogP contribution in [-0.2, 0) is 4.79 Å². The van der Waals surface area contributed by atoms with Crippen molar-refractivity contribution in [2.75, 3.05) is 0 Å². The van der Waals surface area contributed by atoms with E-state index in [0.29, 0.717) is 5.25 Å². The smallest absolute Gasteiger partial charge is 0.316 e. The van der Waals surface area contributed by atoms with E-state index < -0.39 is 5.97 Å². The molecular formula is C15H28O2S. The van der Waals surface area contributed by atoms with Crippen LogP contribution < -0.4 is 0 Å². The minimum absolute atomic E-state index is 0.278. The molecule has 1 N–H and O–H groups in total. The van der Waals surface area contributed by atoms with Crippen LogP contribution in [0.2, 0.25) is 0 Å². The Morgan fingerprint density at radius 1 is 1.22 bits per heavy atom. The van der Waals surface area contributed by atoms with E-state index in [-0.39, 0.29) is 5.25 Å². The van der Waals surface area contributed by atoms with Crippen molar-refractivity contribution in [3.8, 4) is 0 Å². The lowest BCUT2D eigenvalue weighted by Crippen LogP contribution is -2.16. The van der Waals surface area contributed by atoms with E-state index in [4.69, 9.17) is 5.11 Å². The number of hydrogen-bond acceptors (Lipinski definition) is 2. The standard InChI is InChI=1S/C15H28O2S/c1-4-6-7-8-9-10-11-12-14(5-2)18-13(3)15(16)17/h7-8,13-14H,4-6,9-12H2,1-3H3,(H,16,17)/b8-7+. The second-order valence-corrected chi connectivity index (χ2v) is 6.34. The highest BCUT2D eigenvalue weighted by Gasteiger charge is 2.16. The molecule has 0 amide bonds. The summed E-state index contributed by atoms with van der Waals surface area (Å²) in [6.07, 6.45) is 12.7. The summed E-state index contributed by atoms with van der Waals surface area (Å²) in [7, 11) is 0. The summed E-state index contributed by atoms with van der Waals surface area (Å²) in [6, 6.07) is 0. The molecule has 18 heavy (non-hydrogen) atoms. The summed E-state index contributed by atoms with van der Waals surface area (Å²) < 4.78 is 0. The summed E-state index contributed by atoms with van der Waals surface area (Å²) in [6.45, 7) is 6.12. The molecule has 0 spiro atoms. The van der Waals surface area contributed by atoms with Crippen LogP contribution in [0.15, 0.2) is 12.2 Å². The van der Waals surface area contributed by atoms with Gasteiger partial charge in [0.15, 0.2) is 0 Å². The zero-order chi connectivity index (χ0) is 13.8. The van der Waals surface area contributed by atoms with Crippen molar-refractivity contribution in [1.29, 1.82) is 0 Å². The number of carboxylic acids is 1. The molecule has 0 rings (SSSR count). The highest BCUT2D eigenvalue weighted by Crippen LogP contribution is 2.25. The van der Waals surface area contributed by atoms with Crippen molar-refractivity contribution in [3.63, 3.8) is 0 Å². The molecule has 106 valence electrons. The number of unbranched alkanes of at least 4 members (excludes halogenated alkanes) is 3. The van der Waals surface area contributed by atoms with Crippen molar-refractivity contribution in [2.24, 2.45) is 0 Å². The number of aliphatic carboxylic acids is 1. The monoisotopic (exact) mass is 272 g/mol. The summed E-state index contributed by atoms with van der Waals surface area (Å²) >= 11 is 1.61. The third-order valence-corrected chi connectivity index (χ3v) is 4.53. The minimum atomic E-state index is -0.694. The second kappa shape index (κ2) is 11.6. The molecular weight excluding hydrogens is 244 g/mol. The van der Waals surface area contributed by atoms with Gasteiger partial charge >= 0.3 is 5.97 Å². The Labute approximate surface area is 116 Å². The predicted molar refractivity (Wildman–Crippen MR) is 81.3 cm³/mol. The summed E-state index contributed by atoms with van der Waals surface area (Å²) in [5.41, 5.74) is 0. The fourth-order valence-electron chi connectivity index (χ4n) is 1.75. The minimum Gasteiger partial charge on any atom is -0.480 e.